The van der Waals surface area contributed by atoms with Crippen LogP contribution >= 0.6 is 0 Å². The molecule has 2 aliphatic heterocycles. The lowest BCUT2D eigenvalue weighted by atomic mass is 10.1. The van der Waals surface area contributed by atoms with Crippen molar-refractivity contribution in [1.82, 2.24) is 20.0 Å². The number of anilines is 1. The first kappa shape index (κ1) is 18.4. The summed E-state index contributed by atoms with van der Waals surface area (Å²) in [4.78, 5) is 26.4. The van der Waals surface area contributed by atoms with Crippen LogP contribution in [0.2, 0.25) is 0 Å². The SMILES string of the molecule is O=C(CN1CCC(n2nccc2NC(=O)C2CC2)CC1)NC[C@@H]1CCCO1. The Bertz CT molecular complexity index is 658. The highest BCUT2D eigenvalue weighted by Crippen LogP contribution is 2.31. The lowest BCUT2D eigenvalue weighted by Gasteiger charge is -2.32. The van der Waals surface area contributed by atoms with Crippen molar-refractivity contribution in [3.63, 3.8) is 0 Å². The maximum atomic E-state index is 12.1. The van der Waals surface area contributed by atoms with Crippen LogP contribution < -0.4 is 10.6 Å². The van der Waals surface area contributed by atoms with Crippen LogP contribution in [0.25, 0.3) is 0 Å². The molecule has 8 heteroatoms. The number of amides is 2. The molecular formula is C19H29N5O3. The molecular weight excluding hydrogens is 346 g/mol. The lowest BCUT2D eigenvalue weighted by molar-refractivity contribution is -0.123. The molecule has 0 aromatic carbocycles. The molecule has 1 aliphatic carbocycles. The van der Waals surface area contributed by atoms with Crippen LogP contribution in [0, 0.1) is 5.92 Å². The first-order valence-corrected chi connectivity index (χ1v) is 10.1. The Hall–Kier alpha value is -1.93. The van der Waals surface area contributed by atoms with Crippen LogP contribution in [0.3, 0.4) is 0 Å². The minimum absolute atomic E-state index is 0.0698. The highest BCUT2D eigenvalue weighted by atomic mass is 16.5. The maximum Gasteiger partial charge on any atom is 0.234 e. The third-order valence-corrected chi connectivity index (χ3v) is 5.69. The number of nitrogens with zero attached hydrogens (tertiary/aromatic N) is 3. The fourth-order valence-electron chi connectivity index (χ4n) is 3.89. The number of ether oxygens (including phenoxy) is 1. The minimum atomic E-state index is 0.0698. The van der Waals surface area contributed by atoms with Gasteiger partial charge < -0.3 is 15.4 Å². The predicted molar refractivity (Wildman–Crippen MR) is 100 cm³/mol. The number of piperidine rings is 1. The van der Waals surface area contributed by atoms with Crippen LogP contribution in [-0.2, 0) is 14.3 Å². The Balaban J connectivity index is 1.21. The maximum absolute atomic E-state index is 12.1. The fourth-order valence-corrected chi connectivity index (χ4v) is 3.89. The molecule has 148 valence electrons. The molecule has 1 atom stereocenters. The van der Waals surface area contributed by atoms with E-state index in [9.17, 15) is 9.59 Å². The Morgan fingerprint density at radius 3 is 2.70 bits per heavy atom. The van der Waals surface area contributed by atoms with Gasteiger partial charge in [-0.05, 0) is 38.5 Å². The molecule has 0 spiro atoms. The van der Waals surface area contributed by atoms with Crippen LogP contribution in [0.5, 0.6) is 0 Å². The molecule has 0 unspecified atom stereocenters. The summed E-state index contributed by atoms with van der Waals surface area (Å²) in [6, 6.07) is 2.13. The van der Waals surface area contributed by atoms with E-state index in [2.05, 4.69) is 20.6 Å². The van der Waals surface area contributed by atoms with Crippen molar-refractivity contribution in [3.8, 4) is 0 Å². The molecule has 3 aliphatic rings. The number of carbonyl (C=O) groups is 2. The van der Waals surface area contributed by atoms with E-state index in [1.807, 2.05) is 10.7 Å². The average molecular weight is 375 g/mol. The molecule has 1 aromatic rings. The van der Waals surface area contributed by atoms with Crippen LogP contribution in [0.15, 0.2) is 12.3 Å². The zero-order valence-electron chi connectivity index (χ0n) is 15.7. The zero-order chi connectivity index (χ0) is 18.6. The molecule has 2 amide bonds. The summed E-state index contributed by atoms with van der Waals surface area (Å²) in [6.45, 7) is 3.57. The molecule has 3 fully saturated rings. The van der Waals surface area contributed by atoms with E-state index in [-0.39, 0.29) is 29.9 Å². The lowest BCUT2D eigenvalue weighted by Crippen LogP contribution is -2.43. The molecule has 2 saturated heterocycles. The van der Waals surface area contributed by atoms with E-state index in [4.69, 9.17) is 4.74 Å². The van der Waals surface area contributed by atoms with Crippen LogP contribution in [0.1, 0.15) is 44.6 Å². The first-order valence-electron chi connectivity index (χ1n) is 10.1. The number of hydrogen-bond acceptors (Lipinski definition) is 5. The molecule has 1 saturated carbocycles. The number of carbonyl (C=O) groups excluding carboxylic acids is 2. The molecule has 0 radical (unpaired) electrons. The third-order valence-electron chi connectivity index (χ3n) is 5.69. The van der Waals surface area contributed by atoms with Gasteiger partial charge in [0, 0.05) is 38.2 Å². The highest BCUT2D eigenvalue weighted by Gasteiger charge is 2.31. The standard InChI is InChI=1S/C19H29N5O3/c25-18(20-12-16-2-1-11-27-16)13-23-9-6-15(7-10-23)24-17(5-8-21-24)22-19(26)14-3-4-14/h5,8,14-16H,1-4,6-7,9-13H2,(H,20,25)(H,22,26)/t16-/m0/s1. The van der Waals surface area contributed by atoms with Gasteiger partial charge in [0.1, 0.15) is 5.82 Å². The molecule has 8 nitrogen and oxygen atoms in total. The van der Waals surface area contributed by atoms with Gasteiger partial charge in [-0.3, -0.25) is 14.5 Å². The van der Waals surface area contributed by atoms with E-state index in [1.165, 1.54) is 0 Å². The molecule has 3 heterocycles. The minimum Gasteiger partial charge on any atom is -0.376 e. The smallest absolute Gasteiger partial charge is 0.234 e. The first-order chi connectivity index (χ1) is 13.2. The van der Waals surface area contributed by atoms with Crippen molar-refractivity contribution in [3.05, 3.63) is 12.3 Å². The summed E-state index contributed by atoms with van der Waals surface area (Å²) in [5.74, 6) is 1.15. The van der Waals surface area contributed by atoms with Gasteiger partial charge >= 0.3 is 0 Å². The Labute approximate surface area is 159 Å². The van der Waals surface area contributed by atoms with Crippen LogP contribution in [-0.4, -0.2) is 65.4 Å². The number of aromatic nitrogens is 2. The zero-order valence-corrected chi connectivity index (χ0v) is 15.7. The Morgan fingerprint density at radius 2 is 2.00 bits per heavy atom. The molecule has 2 N–H and O–H groups in total. The van der Waals surface area contributed by atoms with Crippen molar-refractivity contribution in [2.24, 2.45) is 5.92 Å². The van der Waals surface area contributed by atoms with Gasteiger partial charge in [-0.15, -0.1) is 0 Å². The molecule has 1 aromatic heterocycles. The summed E-state index contributed by atoms with van der Waals surface area (Å²) in [6.07, 6.45) is 7.89. The van der Waals surface area contributed by atoms with Crippen LogP contribution in [0.4, 0.5) is 5.82 Å². The van der Waals surface area contributed by atoms with E-state index in [1.54, 1.807) is 6.20 Å². The van der Waals surface area contributed by atoms with Gasteiger partial charge in [-0.25, -0.2) is 4.68 Å². The van der Waals surface area contributed by atoms with Crippen molar-refractivity contribution in [1.29, 1.82) is 0 Å². The van der Waals surface area contributed by atoms with Gasteiger partial charge in [0.15, 0.2) is 0 Å². The fraction of sp³-hybridized carbons (Fsp3) is 0.737. The number of rotatable bonds is 7. The van der Waals surface area contributed by atoms with E-state index < -0.39 is 0 Å². The predicted octanol–water partition coefficient (Wildman–Crippen LogP) is 1.16. The average Bonchev–Trinajstić information content (AvgIpc) is 3.21. The quantitative estimate of drug-likeness (QED) is 0.747. The normalized spacial score (nSPS) is 24.1. The summed E-state index contributed by atoms with van der Waals surface area (Å²) >= 11 is 0. The van der Waals surface area contributed by atoms with Gasteiger partial charge in [-0.1, -0.05) is 0 Å². The monoisotopic (exact) mass is 375 g/mol. The summed E-state index contributed by atoms with van der Waals surface area (Å²) in [7, 11) is 0. The Kier molecular flexibility index (Phi) is 5.73. The summed E-state index contributed by atoms with van der Waals surface area (Å²) in [5.41, 5.74) is 0. The largest absolute Gasteiger partial charge is 0.376 e. The van der Waals surface area contributed by atoms with E-state index in [0.29, 0.717) is 13.1 Å². The summed E-state index contributed by atoms with van der Waals surface area (Å²) in [5, 5.41) is 10.4. The second-order valence-electron chi connectivity index (χ2n) is 7.87. The summed E-state index contributed by atoms with van der Waals surface area (Å²) < 4.78 is 7.48. The number of nitrogens with one attached hydrogen (secondary N) is 2. The number of likely N-dealkylation sites (tertiary alicyclic amines) is 1. The van der Waals surface area contributed by atoms with Crippen molar-refractivity contribution < 1.29 is 14.3 Å². The van der Waals surface area contributed by atoms with Crippen molar-refractivity contribution in [2.75, 3.05) is 38.1 Å². The molecule has 0 bridgehead atoms. The van der Waals surface area contributed by atoms with Gasteiger partial charge in [0.2, 0.25) is 11.8 Å². The van der Waals surface area contributed by atoms with Gasteiger partial charge in [-0.2, -0.15) is 5.10 Å². The number of hydrogen-bond donors (Lipinski definition) is 2. The second kappa shape index (κ2) is 8.39. The van der Waals surface area contributed by atoms with Gasteiger partial charge in [0.05, 0.1) is 24.9 Å². The van der Waals surface area contributed by atoms with Crippen molar-refractivity contribution in [2.45, 2.75) is 50.7 Å². The Morgan fingerprint density at radius 1 is 1.19 bits per heavy atom. The van der Waals surface area contributed by atoms with Gasteiger partial charge in [0.25, 0.3) is 0 Å². The molecule has 27 heavy (non-hydrogen) atoms. The third kappa shape index (κ3) is 4.87. The second-order valence-corrected chi connectivity index (χ2v) is 7.87. The van der Waals surface area contributed by atoms with Crippen molar-refractivity contribution >= 4 is 17.6 Å². The highest BCUT2D eigenvalue weighted by molar-refractivity contribution is 5.93. The molecule has 4 rings (SSSR count). The van der Waals surface area contributed by atoms with E-state index >= 15 is 0 Å². The topological polar surface area (TPSA) is 88.5 Å². The van der Waals surface area contributed by atoms with E-state index in [0.717, 1.165) is 64.0 Å².